The lowest BCUT2D eigenvalue weighted by Gasteiger charge is -2.27. The number of sulfonamides is 1. The summed E-state index contributed by atoms with van der Waals surface area (Å²) in [5, 5.41) is 11.3. The molecule has 0 bridgehead atoms. The first-order valence-electron chi connectivity index (χ1n) is 10.7. The molecule has 1 aliphatic rings. The average Bonchev–Trinajstić information content (AvgIpc) is 3.21. The maximum atomic E-state index is 13.1. The summed E-state index contributed by atoms with van der Waals surface area (Å²) in [5.41, 5.74) is 1.36. The monoisotopic (exact) mass is 505 g/mol. The van der Waals surface area contributed by atoms with E-state index in [1.165, 1.54) is 40.5 Å². The number of aryl methyl sites for hydroxylation is 1. The molecule has 0 radical (unpaired) electrons. The number of carboxylic acid groups (broad SMARTS) is 1. The van der Waals surface area contributed by atoms with Crippen molar-refractivity contribution in [3.8, 4) is 0 Å². The summed E-state index contributed by atoms with van der Waals surface area (Å²) in [5.74, 6) is -2.17. The summed E-state index contributed by atoms with van der Waals surface area (Å²) >= 11 is 4.40. The Kier molecular flexibility index (Phi) is 8.34. The third-order valence-corrected chi connectivity index (χ3v) is 7.75. The van der Waals surface area contributed by atoms with Crippen LogP contribution in [-0.2, 0) is 26.0 Å². The van der Waals surface area contributed by atoms with Crippen molar-refractivity contribution in [2.75, 3.05) is 31.2 Å². The van der Waals surface area contributed by atoms with Crippen LogP contribution in [0.4, 0.5) is 5.69 Å². The highest BCUT2D eigenvalue weighted by molar-refractivity contribution is 7.89. The second-order valence-electron chi connectivity index (χ2n) is 8.15. The molecule has 1 fully saturated rings. The maximum Gasteiger partial charge on any atom is 0.335 e. The average molecular weight is 506 g/mol. The van der Waals surface area contributed by atoms with Crippen LogP contribution >= 0.6 is 12.6 Å². The predicted octanol–water partition coefficient (Wildman–Crippen LogP) is 1.73. The summed E-state index contributed by atoms with van der Waals surface area (Å²) in [6, 6.07) is 13.9. The molecule has 1 saturated heterocycles. The minimum atomic E-state index is -3.72. The summed E-state index contributed by atoms with van der Waals surface area (Å²) in [4.78, 5) is 37.6. The Balaban J connectivity index is 1.61. The van der Waals surface area contributed by atoms with E-state index in [9.17, 15) is 22.8 Å². The van der Waals surface area contributed by atoms with Gasteiger partial charge in [-0.1, -0.05) is 30.3 Å². The van der Waals surface area contributed by atoms with Crippen LogP contribution in [0, 0.1) is 0 Å². The number of rotatable bonds is 9. The van der Waals surface area contributed by atoms with Gasteiger partial charge in [0.05, 0.1) is 17.9 Å². The number of thiol groups is 1. The van der Waals surface area contributed by atoms with E-state index in [1.54, 1.807) is 0 Å². The van der Waals surface area contributed by atoms with Crippen molar-refractivity contribution in [2.24, 2.45) is 0 Å². The highest BCUT2D eigenvalue weighted by atomic mass is 32.2. The van der Waals surface area contributed by atoms with Gasteiger partial charge in [-0.2, -0.15) is 16.9 Å². The first kappa shape index (κ1) is 25.7. The lowest BCUT2D eigenvalue weighted by Crippen LogP contribution is -2.48. The van der Waals surface area contributed by atoms with E-state index in [2.05, 4.69) is 17.9 Å². The van der Waals surface area contributed by atoms with Crippen LogP contribution in [0.1, 0.15) is 22.3 Å². The lowest BCUT2D eigenvalue weighted by atomic mass is 10.2. The van der Waals surface area contributed by atoms with Gasteiger partial charge < -0.3 is 15.3 Å². The fraction of sp³-hybridized carbons (Fsp3) is 0.348. The number of nitrogens with one attached hydrogen (secondary N) is 1. The number of carboxylic acids is 1. The molecular weight excluding hydrogens is 478 g/mol. The van der Waals surface area contributed by atoms with E-state index in [0.29, 0.717) is 12.1 Å². The molecule has 0 aliphatic carbocycles. The van der Waals surface area contributed by atoms with Gasteiger partial charge in [-0.05, 0) is 42.7 Å². The number of carbonyl (C=O) groups excluding carboxylic acids is 2. The standard InChI is InChI=1S/C23H27N3O6S2/c1-25(15-21(27)24-18-9-7-17(8-10-18)23(29)30)22(28)20-13-19(33)14-26(20)34(31,32)12-11-16-5-3-2-4-6-16/h2-10,19-20,33H,11-15H2,1H3,(H,24,27)(H,29,30). The van der Waals surface area contributed by atoms with E-state index >= 15 is 0 Å². The summed E-state index contributed by atoms with van der Waals surface area (Å²) in [6.07, 6.45) is 0.589. The van der Waals surface area contributed by atoms with Crippen molar-refractivity contribution in [3.63, 3.8) is 0 Å². The molecule has 3 rings (SSSR count). The number of likely N-dealkylation sites (N-methyl/N-ethyl adjacent to an activating group) is 1. The highest BCUT2D eigenvalue weighted by Gasteiger charge is 2.43. The van der Waals surface area contributed by atoms with Crippen LogP contribution in [0.15, 0.2) is 54.6 Å². The van der Waals surface area contributed by atoms with Gasteiger partial charge in [0.1, 0.15) is 6.04 Å². The van der Waals surface area contributed by atoms with Crippen LogP contribution in [0.25, 0.3) is 0 Å². The third-order valence-electron chi connectivity index (χ3n) is 5.54. The van der Waals surface area contributed by atoms with E-state index in [4.69, 9.17) is 5.11 Å². The molecule has 9 nitrogen and oxygen atoms in total. The zero-order chi connectivity index (χ0) is 24.9. The minimum Gasteiger partial charge on any atom is -0.478 e. The van der Waals surface area contributed by atoms with Gasteiger partial charge in [0.25, 0.3) is 0 Å². The van der Waals surface area contributed by atoms with Crippen LogP contribution in [0.3, 0.4) is 0 Å². The van der Waals surface area contributed by atoms with Crippen molar-refractivity contribution < 1.29 is 27.9 Å². The fourth-order valence-electron chi connectivity index (χ4n) is 3.77. The van der Waals surface area contributed by atoms with Gasteiger partial charge in [0.2, 0.25) is 21.8 Å². The smallest absolute Gasteiger partial charge is 0.335 e. The SMILES string of the molecule is CN(CC(=O)Nc1ccc(C(=O)O)cc1)C(=O)C1CC(S)CN1S(=O)(=O)CCc1ccccc1. The van der Waals surface area contributed by atoms with Crippen LogP contribution < -0.4 is 5.32 Å². The van der Waals surface area contributed by atoms with E-state index < -0.39 is 33.8 Å². The van der Waals surface area contributed by atoms with Gasteiger partial charge in [-0.25, -0.2) is 13.2 Å². The van der Waals surface area contributed by atoms with Crippen molar-refractivity contribution in [1.82, 2.24) is 9.21 Å². The van der Waals surface area contributed by atoms with Crippen LogP contribution in [0.5, 0.6) is 0 Å². The quantitative estimate of drug-likeness (QED) is 0.446. The summed E-state index contributed by atoms with van der Waals surface area (Å²) < 4.78 is 27.3. The number of aromatic carboxylic acids is 1. The molecule has 0 saturated carbocycles. The lowest BCUT2D eigenvalue weighted by molar-refractivity contribution is -0.136. The number of carbonyl (C=O) groups is 3. The second kappa shape index (κ2) is 11.0. The van der Waals surface area contributed by atoms with Crippen LogP contribution in [0.2, 0.25) is 0 Å². The fourth-order valence-corrected chi connectivity index (χ4v) is 5.95. The van der Waals surface area contributed by atoms with Gasteiger partial charge in [-0.3, -0.25) is 9.59 Å². The largest absolute Gasteiger partial charge is 0.478 e. The second-order valence-corrected chi connectivity index (χ2v) is 10.9. The summed E-state index contributed by atoms with van der Waals surface area (Å²) in [7, 11) is -2.28. The Hall–Kier alpha value is -2.89. The predicted molar refractivity (Wildman–Crippen MR) is 131 cm³/mol. The minimum absolute atomic E-state index is 0.0846. The molecule has 2 amide bonds. The third kappa shape index (κ3) is 6.58. The zero-order valence-corrected chi connectivity index (χ0v) is 20.3. The molecule has 0 aromatic heterocycles. The first-order valence-corrected chi connectivity index (χ1v) is 12.8. The zero-order valence-electron chi connectivity index (χ0n) is 18.6. The van der Waals surface area contributed by atoms with Gasteiger partial charge >= 0.3 is 5.97 Å². The number of amides is 2. The van der Waals surface area contributed by atoms with Crippen LogP contribution in [-0.4, -0.2) is 77.7 Å². The van der Waals surface area contributed by atoms with Gasteiger partial charge in [0, 0.05) is 24.5 Å². The first-order chi connectivity index (χ1) is 16.1. The van der Waals surface area contributed by atoms with Crippen molar-refractivity contribution in [3.05, 3.63) is 65.7 Å². The normalized spacial score (nSPS) is 18.4. The summed E-state index contributed by atoms with van der Waals surface area (Å²) in [6.45, 7) is -0.155. The molecule has 2 unspecified atom stereocenters. The molecule has 0 spiro atoms. The molecule has 34 heavy (non-hydrogen) atoms. The Bertz CT molecular complexity index is 1140. The Morgan fingerprint density at radius 3 is 2.38 bits per heavy atom. The van der Waals surface area contributed by atoms with E-state index in [1.807, 2.05) is 30.3 Å². The highest BCUT2D eigenvalue weighted by Crippen LogP contribution is 2.27. The van der Waals surface area contributed by atoms with Gasteiger partial charge in [0.15, 0.2) is 0 Å². The molecule has 182 valence electrons. The molecular formula is C23H27N3O6S2. The molecule has 2 atom stereocenters. The molecule has 1 aliphatic heterocycles. The number of hydrogen-bond donors (Lipinski definition) is 3. The topological polar surface area (TPSA) is 124 Å². The van der Waals surface area contributed by atoms with E-state index in [-0.39, 0.29) is 36.1 Å². The molecule has 2 aromatic rings. The number of benzene rings is 2. The van der Waals surface area contributed by atoms with Crippen molar-refractivity contribution in [2.45, 2.75) is 24.1 Å². The maximum absolute atomic E-state index is 13.1. The van der Waals surface area contributed by atoms with Crippen molar-refractivity contribution >= 4 is 46.1 Å². The Morgan fingerprint density at radius 1 is 1.12 bits per heavy atom. The molecule has 1 heterocycles. The Morgan fingerprint density at radius 2 is 1.76 bits per heavy atom. The molecule has 11 heteroatoms. The molecule has 2 N–H and O–H groups in total. The number of hydrogen-bond acceptors (Lipinski definition) is 6. The van der Waals surface area contributed by atoms with Crippen molar-refractivity contribution in [1.29, 1.82) is 0 Å². The molecule has 2 aromatic carbocycles. The van der Waals surface area contributed by atoms with Gasteiger partial charge in [-0.15, -0.1) is 0 Å². The van der Waals surface area contributed by atoms with E-state index in [0.717, 1.165) is 5.56 Å². The Labute approximate surface area is 204 Å². The number of anilines is 1. The number of nitrogens with zero attached hydrogens (tertiary/aromatic N) is 2.